The van der Waals surface area contributed by atoms with Crippen molar-refractivity contribution in [2.24, 2.45) is 28.6 Å². The number of amidine groups is 1. The molecule has 1 saturated heterocycles. The fraction of sp³-hybridized carbons (Fsp3) is 0.893. The summed E-state index contributed by atoms with van der Waals surface area (Å²) in [7, 11) is 3.70. The number of hydrogen-bond donors (Lipinski definition) is 1. The van der Waals surface area contributed by atoms with E-state index in [2.05, 4.69) is 11.8 Å². The van der Waals surface area contributed by atoms with Crippen LogP contribution in [0.2, 0.25) is 0 Å². The van der Waals surface area contributed by atoms with Crippen molar-refractivity contribution >= 4 is 18.0 Å². The lowest BCUT2D eigenvalue weighted by molar-refractivity contribution is -0.153. The first-order chi connectivity index (χ1) is 15.8. The number of likely N-dealkylation sites (tertiary alicyclic amines) is 1. The first-order valence-corrected chi connectivity index (χ1v) is 13.7. The quantitative estimate of drug-likeness (QED) is 0.280. The molecule has 4 fully saturated rings. The Labute approximate surface area is 203 Å². The Morgan fingerprint density at radius 1 is 1.09 bits per heavy atom. The SMILES string of the molecule is CC.CC(=N)N(C)C.CCC12CN(C(=O)CC3CC3)CC1CC2(C=O)CCC1CCCCC1. The molecular weight excluding hydrogens is 410 g/mol. The van der Waals surface area contributed by atoms with Crippen LogP contribution in [0.15, 0.2) is 0 Å². The van der Waals surface area contributed by atoms with Gasteiger partial charge in [0.25, 0.3) is 0 Å². The van der Waals surface area contributed by atoms with Crippen molar-refractivity contribution in [1.82, 2.24) is 9.80 Å². The highest BCUT2D eigenvalue weighted by atomic mass is 16.2. The molecule has 3 unspecified atom stereocenters. The topological polar surface area (TPSA) is 64.5 Å². The number of amides is 1. The molecule has 4 aliphatic rings. The zero-order valence-electron chi connectivity index (χ0n) is 22.4. The molecule has 1 aliphatic heterocycles. The summed E-state index contributed by atoms with van der Waals surface area (Å²) in [6.07, 6.45) is 15.8. The maximum atomic E-state index is 12.6. The van der Waals surface area contributed by atoms with Gasteiger partial charge in [0.05, 0.1) is 5.84 Å². The van der Waals surface area contributed by atoms with Crippen LogP contribution in [0.5, 0.6) is 0 Å². The average Bonchev–Trinajstić information content (AvgIpc) is 3.58. The van der Waals surface area contributed by atoms with E-state index in [4.69, 9.17) is 5.41 Å². The number of rotatable bonds is 7. The van der Waals surface area contributed by atoms with Gasteiger partial charge in [-0.15, -0.1) is 0 Å². The van der Waals surface area contributed by atoms with Gasteiger partial charge >= 0.3 is 0 Å². The maximum absolute atomic E-state index is 12.6. The van der Waals surface area contributed by atoms with Crippen molar-refractivity contribution in [3.63, 3.8) is 0 Å². The van der Waals surface area contributed by atoms with Gasteiger partial charge in [0.1, 0.15) is 6.29 Å². The third-order valence-corrected chi connectivity index (χ3v) is 9.06. The minimum atomic E-state index is -0.140. The molecule has 0 aromatic rings. The van der Waals surface area contributed by atoms with Crippen LogP contribution in [0, 0.1) is 34.0 Å². The zero-order chi connectivity index (χ0) is 24.6. The van der Waals surface area contributed by atoms with E-state index in [0.717, 1.165) is 44.7 Å². The van der Waals surface area contributed by atoms with Crippen molar-refractivity contribution in [2.45, 2.75) is 105 Å². The van der Waals surface area contributed by atoms with Crippen LogP contribution in [0.4, 0.5) is 0 Å². The lowest BCUT2D eigenvalue weighted by Crippen LogP contribution is -2.59. The maximum Gasteiger partial charge on any atom is 0.222 e. The van der Waals surface area contributed by atoms with Crippen LogP contribution in [0.25, 0.3) is 0 Å². The zero-order valence-corrected chi connectivity index (χ0v) is 22.4. The summed E-state index contributed by atoms with van der Waals surface area (Å²) in [5.74, 6) is 3.02. The van der Waals surface area contributed by atoms with E-state index in [1.165, 1.54) is 57.7 Å². The summed E-state index contributed by atoms with van der Waals surface area (Å²) in [6, 6.07) is 0. The van der Waals surface area contributed by atoms with E-state index in [0.29, 0.717) is 23.6 Å². The summed E-state index contributed by atoms with van der Waals surface area (Å²) in [6.45, 7) is 9.77. The minimum absolute atomic E-state index is 0.0859. The average molecular weight is 462 g/mol. The summed E-state index contributed by atoms with van der Waals surface area (Å²) < 4.78 is 0. The normalized spacial score (nSPS) is 30.6. The van der Waals surface area contributed by atoms with Crippen LogP contribution in [-0.2, 0) is 9.59 Å². The molecule has 4 rings (SSSR count). The number of nitrogens with one attached hydrogen (secondary N) is 1. The first-order valence-electron chi connectivity index (χ1n) is 13.7. The third-order valence-electron chi connectivity index (χ3n) is 9.06. The second-order valence-corrected chi connectivity index (χ2v) is 11.1. The summed E-state index contributed by atoms with van der Waals surface area (Å²) in [5, 5.41) is 6.88. The molecule has 190 valence electrons. The molecule has 0 bridgehead atoms. The van der Waals surface area contributed by atoms with E-state index in [1.54, 1.807) is 11.8 Å². The summed E-state index contributed by atoms with van der Waals surface area (Å²) in [4.78, 5) is 28.7. The lowest BCUT2D eigenvalue weighted by Gasteiger charge is -2.59. The van der Waals surface area contributed by atoms with Crippen LogP contribution in [0.3, 0.4) is 0 Å². The molecule has 0 aromatic heterocycles. The highest BCUT2D eigenvalue weighted by molar-refractivity contribution is 5.78. The monoisotopic (exact) mass is 461 g/mol. The summed E-state index contributed by atoms with van der Waals surface area (Å²) >= 11 is 0. The molecule has 0 aromatic carbocycles. The van der Waals surface area contributed by atoms with Crippen LogP contribution >= 0.6 is 0 Å². The van der Waals surface area contributed by atoms with Gasteiger partial charge in [-0.1, -0.05) is 52.9 Å². The van der Waals surface area contributed by atoms with Gasteiger partial charge < -0.3 is 14.6 Å². The van der Waals surface area contributed by atoms with E-state index < -0.39 is 0 Å². The minimum Gasteiger partial charge on any atom is -0.367 e. The molecule has 3 atom stereocenters. The van der Waals surface area contributed by atoms with Crippen molar-refractivity contribution < 1.29 is 9.59 Å². The van der Waals surface area contributed by atoms with E-state index in [1.807, 2.05) is 27.9 Å². The Bertz CT molecular complexity index is 654. The fourth-order valence-electron chi connectivity index (χ4n) is 6.46. The van der Waals surface area contributed by atoms with Crippen molar-refractivity contribution in [2.75, 3.05) is 27.2 Å². The molecule has 1 heterocycles. The van der Waals surface area contributed by atoms with Gasteiger partial charge in [-0.25, -0.2) is 0 Å². The third kappa shape index (κ3) is 6.39. The highest BCUT2D eigenvalue weighted by Crippen LogP contribution is 2.67. The number of carbonyl (C=O) groups excluding carboxylic acids is 2. The molecule has 3 aliphatic carbocycles. The van der Waals surface area contributed by atoms with Crippen LogP contribution in [-0.4, -0.2) is 55.0 Å². The Morgan fingerprint density at radius 3 is 2.18 bits per heavy atom. The van der Waals surface area contributed by atoms with Crippen molar-refractivity contribution in [1.29, 1.82) is 5.41 Å². The molecule has 5 heteroatoms. The van der Waals surface area contributed by atoms with E-state index >= 15 is 0 Å². The van der Waals surface area contributed by atoms with Gasteiger partial charge in [-0.2, -0.15) is 0 Å². The smallest absolute Gasteiger partial charge is 0.222 e. The van der Waals surface area contributed by atoms with Gasteiger partial charge in [0, 0.05) is 44.4 Å². The molecule has 1 amide bonds. The predicted octanol–water partition coefficient (Wildman–Crippen LogP) is 6.16. The van der Waals surface area contributed by atoms with Gasteiger partial charge in [-0.05, 0) is 63.2 Å². The van der Waals surface area contributed by atoms with Gasteiger partial charge in [-0.3, -0.25) is 10.2 Å². The molecule has 3 saturated carbocycles. The Hall–Kier alpha value is -1.39. The van der Waals surface area contributed by atoms with Crippen LogP contribution in [0.1, 0.15) is 105 Å². The van der Waals surface area contributed by atoms with Crippen molar-refractivity contribution in [3.05, 3.63) is 0 Å². The molecule has 0 radical (unpaired) electrons. The fourth-order valence-corrected chi connectivity index (χ4v) is 6.46. The number of fused-ring (bicyclic) bond motifs is 1. The van der Waals surface area contributed by atoms with Crippen molar-refractivity contribution in [3.8, 4) is 0 Å². The van der Waals surface area contributed by atoms with Crippen LogP contribution < -0.4 is 0 Å². The predicted molar refractivity (Wildman–Crippen MR) is 137 cm³/mol. The lowest BCUT2D eigenvalue weighted by atomic mass is 9.43. The highest BCUT2D eigenvalue weighted by Gasteiger charge is 2.67. The first kappa shape index (κ1) is 27.9. The molecule has 33 heavy (non-hydrogen) atoms. The Morgan fingerprint density at radius 2 is 1.70 bits per heavy atom. The number of carbonyl (C=O) groups is 2. The standard InChI is InChI=1S/C22H35NO2.C4H10N2.C2H6/c1-2-22-15-23(20(25)12-18-8-9-18)14-19(22)13-21(22,16-24)11-10-17-6-4-3-5-7-17;1-4(5)6(2)3;1-2/h16-19H,2-15H2,1H3;5H,1-3H3;1-2H3. The summed E-state index contributed by atoms with van der Waals surface area (Å²) in [5.41, 5.74) is -0.0545. The Balaban J connectivity index is 0.000000421. The Kier molecular flexibility index (Phi) is 10.4. The van der Waals surface area contributed by atoms with E-state index in [-0.39, 0.29) is 10.8 Å². The van der Waals surface area contributed by atoms with E-state index in [9.17, 15) is 9.59 Å². The second-order valence-electron chi connectivity index (χ2n) is 11.1. The molecule has 1 N–H and O–H groups in total. The molecule has 0 spiro atoms. The molecular formula is C28H51N3O2. The van der Waals surface area contributed by atoms with Gasteiger partial charge in [0.15, 0.2) is 0 Å². The number of nitrogens with zero attached hydrogens (tertiary/aromatic N) is 2. The number of hydrogen-bond acceptors (Lipinski definition) is 3. The number of aldehydes is 1. The second kappa shape index (κ2) is 12.4. The largest absolute Gasteiger partial charge is 0.367 e. The van der Waals surface area contributed by atoms with Gasteiger partial charge in [0.2, 0.25) is 5.91 Å². The molecule has 5 nitrogen and oxygen atoms in total.